The number of benzene rings is 1. The van der Waals surface area contributed by atoms with E-state index >= 15 is 0 Å². The van der Waals surface area contributed by atoms with Crippen LogP contribution in [0.25, 0.3) is 0 Å². The van der Waals surface area contributed by atoms with Crippen molar-refractivity contribution in [3.63, 3.8) is 0 Å². The molecule has 0 aromatic heterocycles. The van der Waals surface area contributed by atoms with Gasteiger partial charge in [-0.1, -0.05) is 19.1 Å². The van der Waals surface area contributed by atoms with Gasteiger partial charge in [0.25, 0.3) is 0 Å². The van der Waals surface area contributed by atoms with E-state index in [9.17, 15) is 0 Å². The van der Waals surface area contributed by atoms with E-state index in [0.717, 1.165) is 18.8 Å². The maximum absolute atomic E-state index is 5.39. The molecule has 0 saturated heterocycles. The van der Waals surface area contributed by atoms with Crippen molar-refractivity contribution in [1.82, 2.24) is 5.32 Å². The summed E-state index contributed by atoms with van der Waals surface area (Å²) < 4.78 is 5.39. The minimum atomic E-state index is 0.450. The summed E-state index contributed by atoms with van der Waals surface area (Å²) in [6, 6.07) is 8.74. The Hall–Kier alpha value is -1.02. The predicted octanol–water partition coefficient (Wildman–Crippen LogP) is 2.76. The number of ether oxygens (including phenoxy) is 1. The Labute approximate surface area is 86.3 Å². The van der Waals surface area contributed by atoms with Gasteiger partial charge in [0.05, 0.1) is 6.61 Å². The first-order valence-electron chi connectivity index (χ1n) is 5.21. The Morgan fingerprint density at radius 3 is 2.29 bits per heavy atom. The molecule has 1 unspecified atom stereocenters. The fourth-order valence-electron chi connectivity index (χ4n) is 1.57. The lowest BCUT2D eigenvalue weighted by Gasteiger charge is -2.14. The van der Waals surface area contributed by atoms with Gasteiger partial charge in [0, 0.05) is 6.04 Å². The second-order valence-electron chi connectivity index (χ2n) is 3.25. The Kier molecular flexibility index (Phi) is 4.47. The Morgan fingerprint density at radius 2 is 1.86 bits per heavy atom. The fourth-order valence-corrected chi connectivity index (χ4v) is 1.57. The Bertz CT molecular complexity index is 252. The van der Waals surface area contributed by atoms with E-state index in [1.807, 2.05) is 26.1 Å². The monoisotopic (exact) mass is 193 g/mol. The molecule has 0 spiro atoms. The molecular formula is C12H19NO. The fraction of sp³-hybridized carbons (Fsp3) is 0.500. The van der Waals surface area contributed by atoms with Crippen LogP contribution in [0.4, 0.5) is 0 Å². The average molecular weight is 193 g/mol. The summed E-state index contributed by atoms with van der Waals surface area (Å²) in [5.74, 6) is 0.946. The quantitative estimate of drug-likeness (QED) is 0.776. The smallest absolute Gasteiger partial charge is 0.119 e. The van der Waals surface area contributed by atoms with E-state index in [-0.39, 0.29) is 0 Å². The first kappa shape index (κ1) is 11.1. The molecule has 0 heterocycles. The van der Waals surface area contributed by atoms with Gasteiger partial charge >= 0.3 is 0 Å². The lowest BCUT2D eigenvalue weighted by atomic mass is 10.1. The zero-order chi connectivity index (χ0) is 10.4. The zero-order valence-corrected chi connectivity index (χ0v) is 9.21. The SMILES string of the molecule is CCOc1ccc(C(CC)NC)cc1. The number of hydrogen-bond acceptors (Lipinski definition) is 2. The van der Waals surface area contributed by atoms with Crippen LogP contribution < -0.4 is 10.1 Å². The molecule has 1 N–H and O–H groups in total. The number of hydrogen-bond donors (Lipinski definition) is 1. The van der Waals surface area contributed by atoms with E-state index in [2.05, 4.69) is 24.4 Å². The molecule has 2 heteroatoms. The molecule has 0 fully saturated rings. The molecule has 0 saturated carbocycles. The molecule has 2 nitrogen and oxygen atoms in total. The maximum atomic E-state index is 5.39. The summed E-state index contributed by atoms with van der Waals surface area (Å²) in [4.78, 5) is 0. The number of nitrogens with one attached hydrogen (secondary N) is 1. The first-order chi connectivity index (χ1) is 6.81. The van der Waals surface area contributed by atoms with Crippen molar-refractivity contribution >= 4 is 0 Å². The normalized spacial score (nSPS) is 12.5. The van der Waals surface area contributed by atoms with Crippen LogP contribution in [0.5, 0.6) is 5.75 Å². The number of rotatable bonds is 5. The summed E-state index contributed by atoms with van der Waals surface area (Å²) in [5, 5.41) is 3.28. The molecular weight excluding hydrogens is 174 g/mol. The van der Waals surface area contributed by atoms with Crippen LogP contribution >= 0.6 is 0 Å². The zero-order valence-electron chi connectivity index (χ0n) is 9.21. The third kappa shape index (κ3) is 2.74. The summed E-state index contributed by atoms with van der Waals surface area (Å²) in [5.41, 5.74) is 1.32. The van der Waals surface area contributed by atoms with Crippen LogP contribution in [-0.2, 0) is 0 Å². The minimum Gasteiger partial charge on any atom is -0.494 e. The highest BCUT2D eigenvalue weighted by atomic mass is 16.5. The first-order valence-corrected chi connectivity index (χ1v) is 5.21. The summed E-state index contributed by atoms with van der Waals surface area (Å²) in [7, 11) is 1.99. The van der Waals surface area contributed by atoms with E-state index in [0.29, 0.717) is 6.04 Å². The molecule has 0 aliphatic carbocycles. The maximum Gasteiger partial charge on any atom is 0.119 e. The van der Waals surface area contributed by atoms with Crippen LogP contribution in [0.1, 0.15) is 31.9 Å². The van der Waals surface area contributed by atoms with Crippen molar-refractivity contribution in [3.05, 3.63) is 29.8 Å². The average Bonchev–Trinajstić information content (AvgIpc) is 2.23. The van der Waals surface area contributed by atoms with Crippen molar-refractivity contribution in [3.8, 4) is 5.75 Å². The van der Waals surface area contributed by atoms with Gasteiger partial charge in [0.2, 0.25) is 0 Å². The molecule has 0 aliphatic rings. The van der Waals surface area contributed by atoms with Gasteiger partial charge in [0.15, 0.2) is 0 Å². The van der Waals surface area contributed by atoms with Crippen LogP contribution in [-0.4, -0.2) is 13.7 Å². The van der Waals surface area contributed by atoms with Gasteiger partial charge < -0.3 is 10.1 Å². The van der Waals surface area contributed by atoms with Crippen molar-refractivity contribution in [2.24, 2.45) is 0 Å². The Balaban J connectivity index is 2.71. The topological polar surface area (TPSA) is 21.3 Å². The third-order valence-electron chi connectivity index (χ3n) is 2.35. The molecule has 14 heavy (non-hydrogen) atoms. The van der Waals surface area contributed by atoms with Gasteiger partial charge in [-0.2, -0.15) is 0 Å². The van der Waals surface area contributed by atoms with E-state index in [1.54, 1.807) is 0 Å². The van der Waals surface area contributed by atoms with Gasteiger partial charge in [-0.25, -0.2) is 0 Å². The minimum absolute atomic E-state index is 0.450. The highest BCUT2D eigenvalue weighted by Crippen LogP contribution is 2.19. The molecule has 0 radical (unpaired) electrons. The second-order valence-corrected chi connectivity index (χ2v) is 3.25. The predicted molar refractivity (Wildman–Crippen MR) is 59.7 cm³/mol. The summed E-state index contributed by atoms with van der Waals surface area (Å²) in [6.45, 7) is 4.90. The van der Waals surface area contributed by atoms with E-state index in [4.69, 9.17) is 4.74 Å². The Morgan fingerprint density at radius 1 is 1.21 bits per heavy atom. The van der Waals surface area contributed by atoms with Crippen molar-refractivity contribution in [2.75, 3.05) is 13.7 Å². The highest BCUT2D eigenvalue weighted by Gasteiger charge is 2.05. The highest BCUT2D eigenvalue weighted by molar-refractivity contribution is 5.29. The largest absolute Gasteiger partial charge is 0.494 e. The van der Waals surface area contributed by atoms with Gasteiger partial charge in [0.1, 0.15) is 5.75 Å². The molecule has 0 amide bonds. The second kappa shape index (κ2) is 5.66. The van der Waals surface area contributed by atoms with Crippen LogP contribution in [0.2, 0.25) is 0 Å². The van der Waals surface area contributed by atoms with Crippen LogP contribution in [0, 0.1) is 0 Å². The molecule has 78 valence electrons. The molecule has 0 aliphatic heterocycles. The summed E-state index contributed by atoms with van der Waals surface area (Å²) in [6.07, 6.45) is 1.10. The van der Waals surface area contributed by atoms with Crippen molar-refractivity contribution in [1.29, 1.82) is 0 Å². The lowest BCUT2D eigenvalue weighted by Crippen LogP contribution is -2.14. The van der Waals surface area contributed by atoms with Crippen molar-refractivity contribution in [2.45, 2.75) is 26.3 Å². The van der Waals surface area contributed by atoms with E-state index < -0.39 is 0 Å². The van der Waals surface area contributed by atoms with Crippen molar-refractivity contribution < 1.29 is 4.74 Å². The summed E-state index contributed by atoms with van der Waals surface area (Å²) >= 11 is 0. The van der Waals surface area contributed by atoms with Crippen LogP contribution in [0.15, 0.2) is 24.3 Å². The standard InChI is InChI=1S/C12H19NO/c1-4-12(13-3)10-6-8-11(9-7-10)14-5-2/h6-9,12-13H,4-5H2,1-3H3. The molecule has 1 rings (SSSR count). The lowest BCUT2D eigenvalue weighted by molar-refractivity contribution is 0.340. The van der Waals surface area contributed by atoms with E-state index in [1.165, 1.54) is 5.56 Å². The van der Waals surface area contributed by atoms with Gasteiger partial charge in [-0.15, -0.1) is 0 Å². The van der Waals surface area contributed by atoms with Gasteiger partial charge in [-0.3, -0.25) is 0 Å². The molecule has 1 atom stereocenters. The van der Waals surface area contributed by atoms with Crippen LogP contribution in [0.3, 0.4) is 0 Å². The molecule has 1 aromatic carbocycles. The third-order valence-corrected chi connectivity index (χ3v) is 2.35. The molecule has 1 aromatic rings. The molecule has 0 bridgehead atoms. The van der Waals surface area contributed by atoms with Gasteiger partial charge in [-0.05, 0) is 38.1 Å².